The number of anilines is 1. The number of unbranched alkanes of at least 4 members (excludes halogenated alkanes) is 1. The summed E-state index contributed by atoms with van der Waals surface area (Å²) in [5, 5.41) is 6.08. The van der Waals surface area contributed by atoms with Crippen LogP contribution in [0.25, 0.3) is 0 Å². The van der Waals surface area contributed by atoms with Crippen molar-refractivity contribution in [2.45, 2.75) is 64.0 Å². The number of para-hydroxylation sites is 1. The van der Waals surface area contributed by atoms with E-state index in [0.29, 0.717) is 24.4 Å². The minimum atomic E-state index is -0.750. The normalized spacial score (nSPS) is 18.0. The zero-order valence-electron chi connectivity index (χ0n) is 20.9. The molecule has 1 amide bonds. The molecule has 1 aromatic rings. The third-order valence-corrected chi connectivity index (χ3v) is 6.24. The highest BCUT2D eigenvalue weighted by Crippen LogP contribution is 2.27. The maximum Gasteiger partial charge on any atom is 0.247 e. The number of allylic oxidation sites excluding steroid dienone is 2. The quantitative estimate of drug-likeness (QED) is 0.173. The Morgan fingerprint density at radius 3 is 2.67 bits per heavy atom. The second-order valence-corrected chi connectivity index (χ2v) is 8.96. The van der Waals surface area contributed by atoms with E-state index in [-0.39, 0.29) is 30.2 Å². The van der Waals surface area contributed by atoms with Crippen molar-refractivity contribution in [1.29, 1.82) is 0 Å². The number of ether oxygens (including phenoxy) is 1. The summed E-state index contributed by atoms with van der Waals surface area (Å²) in [4.78, 5) is 18.4. The molecule has 0 bridgehead atoms. The lowest BCUT2D eigenvalue weighted by atomic mass is 10.0. The van der Waals surface area contributed by atoms with Gasteiger partial charge in [-0.15, -0.1) is 0 Å². The van der Waals surface area contributed by atoms with Gasteiger partial charge in [0.15, 0.2) is 0 Å². The van der Waals surface area contributed by atoms with Gasteiger partial charge in [0.1, 0.15) is 35.7 Å². The number of halogens is 2. The minimum absolute atomic E-state index is 0.0955. The average molecular weight is 499 g/mol. The van der Waals surface area contributed by atoms with Crippen molar-refractivity contribution in [3.63, 3.8) is 0 Å². The van der Waals surface area contributed by atoms with Gasteiger partial charge >= 0.3 is 0 Å². The Balaban J connectivity index is 1.69. The van der Waals surface area contributed by atoms with E-state index < -0.39 is 17.7 Å². The van der Waals surface area contributed by atoms with E-state index in [4.69, 9.17) is 4.74 Å². The number of aliphatic imine (C=N–C) groups is 1. The van der Waals surface area contributed by atoms with Crippen LogP contribution in [-0.4, -0.2) is 37.2 Å². The number of carbonyl (C=O) groups is 1. The lowest BCUT2D eigenvalue weighted by molar-refractivity contribution is -0.118. The van der Waals surface area contributed by atoms with Crippen molar-refractivity contribution < 1.29 is 18.3 Å². The maximum absolute atomic E-state index is 14.7. The van der Waals surface area contributed by atoms with Crippen molar-refractivity contribution in [2.75, 3.05) is 18.2 Å². The van der Waals surface area contributed by atoms with Crippen molar-refractivity contribution >= 4 is 17.4 Å². The van der Waals surface area contributed by atoms with Crippen LogP contribution in [0.5, 0.6) is 0 Å². The number of hydrogen-bond donors (Lipinski definition) is 2. The molecule has 6 nitrogen and oxygen atoms in total. The molecule has 3 rings (SSSR count). The molecule has 0 saturated heterocycles. The van der Waals surface area contributed by atoms with Crippen molar-refractivity contribution in [3.8, 4) is 0 Å². The smallest absolute Gasteiger partial charge is 0.247 e. The molecule has 2 aliphatic carbocycles. The van der Waals surface area contributed by atoms with Gasteiger partial charge in [-0.3, -0.25) is 14.7 Å². The fourth-order valence-corrected chi connectivity index (χ4v) is 4.20. The van der Waals surface area contributed by atoms with E-state index >= 15 is 0 Å². The Morgan fingerprint density at radius 1 is 1.28 bits per heavy atom. The molecule has 2 N–H and O–H groups in total. The van der Waals surface area contributed by atoms with E-state index in [9.17, 15) is 13.6 Å². The molecular formula is C28H36F2N4O2. The molecule has 1 atom stereocenters. The summed E-state index contributed by atoms with van der Waals surface area (Å²) in [6.45, 7) is 10.2. The molecule has 1 saturated carbocycles. The van der Waals surface area contributed by atoms with Crippen LogP contribution < -0.4 is 15.5 Å². The Labute approximate surface area is 212 Å². The molecule has 8 heteroatoms. The van der Waals surface area contributed by atoms with Crippen LogP contribution in [0.15, 0.2) is 72.0 Å². The Kier molecular flexibility index (Phi) is 10.4. The molecule has 0 heterocycles. The van der Waals surface area contributed by atoms with Crippen LogP contribution in [-0.2, 0) is 9.53 Å². The first kappa shape index (κ1) is 27.3. The number of amidine groups is 1. The summed E-state index contributed by atoms with van der Waals surface area (Å²) in [6.07, 6.45) is 13.0. The van der Waals surface area contributed by atoms with Crippen LogP contribution in [0.1, 0.15) is 51.9 Å². The van der Waals surface area contributed by atoms with E-state index in [0.717, 1.165) is 38.5 Å². The van der Waals surface area contributed by atoms with Crippen LogP contribution in [0.2, 0.25) is 0 Å². The molecular weight excluding hydrogens is 462 g/mol. The van der Waals surface area contributed by atoms with Crippen LogP contribution in [0, 0.1) is 11.6 Å². The van der Waals surface area contributed by atoms with Gasteiger partial charge in [-0.05, 0) is 37.5 Å². The average Bonchev–Trinajstić information content (AvgIpc) is 3.38. The third-order valence-electron chi connectivity index (χ3n) is 6.24. The molecule has 2 aliphatic rings. The molecule has 1 fully saturated rings. The third kappa shape index (κ3) is 7.62. The largest absolute Gasteiger partial charge is 0.353 e. The number of nitrogens with zero attached hydrogens (tertiary/aromatic N) is 2. The summed E-state index contributed by atoms with van der Waals surface area (Å²) in [5.41, 5.74) is 0.327. The predicted molar refractivity (Wildman–Crippen MR) is 140 cm³/mol. The van der Waals surface area contributed by atoms with Crippen molar-refractivity contribution in [1.82, 2.24) is 10.6 Å². The number of rotatable bonds is 12. The summed E-state index contributed by atoms with van der Waals surface area (Å²) < 4.78 is 35.5. The first-order chi connectivity index (χ1) is 17.4. The van der Waals surface area contributed by atoms with Gasteiger partial charge in [0, 0.05) is 24.6 Å². The molecule has 1 aromatic carbocycles. The van der Waals surface area contributed by atoms with Crippen LogP contribution in [0.3, 0.4) is 0 Å². The molecule has 0 radical (unpaired) electrons. The molecule has 1 unspecified atom stereocenters. The number of hydrogen-bond acceptors (Lipinski definition) is 4. The summed E-state index contributed by atoms with van der Waals surface area (Å²) in [7, 11) is 0. The summed E-state index contributed by atoms with van der Waals surface area (Å²) in [5.74, 6) is -0.965. The standard InChI is InChI=1S/C28H36F2N4O2/c1-4-6-17-31-26(5-2)32-20(3)34(27-24(29)15-10-16-25(27)30)19-36-23-14-9-11-21(18-23)28(35)33-22-12-7-8-13-22/h5,9-11,14-16,22-23H,2-4,6-8,12-13,17-19H2,1H3,(H,31,32)(H,33,35). The van der Waals surface area contributed by atoms with Gasteiger partial charge in [0.2, 0.25) is 5.91 Å². The number of amides is 1. The van der Waals surface area contributed by atoms with E-state index in [1.807, 2.05) is 6.08 Å². The molecule has 194 valence electrons. The first-order valence-electron chi connectivity index (χ1n) is 12.6. The minimum Gasteiger partial charge on any atom is -0.353 e. The molecule has 0 aliphatic heterocycles. The van der Waals surface area contributed by atoms with Gasteiger partial charge in [0.25, 0.3) is 0 Å². The molecule has 0 spiro atoms. The fourth-order valence-electron chi connectivity index (χ4n) is 4.20. The maximum atomic E-state index is 14.7. The van der Waals surface area contributed by atoms with Gasteiger partial charge in [-0.1, -0.05) is 63.6 Å². The van der Waals surface area contributed by atoms with E-state index in [1.165, 1.54) is 29.2 Å². The van der Waals surface area contributed by atoms with E-state index in [1.54, 1.807) is 12.2 Å². The SMILES string of the molecule is C=CC(=NCCCC)NC(=C)N(COC1C=CC=C(C(=O)NC2CCCC2)C1)c1c(F)cccc1F. The van der Waals surface area contributed by atoms with E-state index in [2.05, 4.69) is 35.7 Å². The van der Waals surface area contributed by atoms with Gasteiger partial charge in [-0.25, -0.2) is 8.78 Å². The fraction of sp³-hybridized carbons (Fsp3) is 0.429. The zero-order chi connectivity index (χ0) is 25.9. The van der Waals surface area contributed by atoms with Gasteiger partial charge in [-0.2, -0.15) is 0 Å². The highest BCUT2D eigenvalue weighted by Gasteiger charge is 2.25. The van der Waals surface area contributed by atoms with Crippen LogP contribution in [0.4, 0.5) is 14.5 Å². The summed E-state index contributed by atoms with van der Waals surface area (Å²) in [6, 6.07) is 3.87. The second kappa shape index (κ2) is 13.7. The number of nitrogens with one attached hydrogen (secondary N) is 2. The number of carbonyl (C=O) groups excluding carboxylic acids is 1. The van der Waals surface area contributed by atoms with Gasteiger partial charge in [0.05, 0.1) is 6.10 Å². The van der Waals surface area contributed by atoms with Crippen molar-refractivity contribution in [2.24, 2.45) is 4.99 Å². The summed E-state index contributed by atoms with van der Waals surface area (Å²) >= 11 is 0. The number of benzene rings is 1. The van der Waals surface area contributed by atoms with Gasteiger partial charge < -0.3 is 15.4 Å². The topological polar surface area (TPSA) is 66.0 Å². The highest BCUT2D eigenvalue weighted by molar-refractivity contribution is 5.94. The monoisotopic (exact) mass is 498 g/mol. The molecule has 0 aromatic heterocycles. The second-order valence-electron chi connectivity index (χ2n) is 8.96. The lowest BCUT2D eigenvalue weighted by Gasteiger charge is -2.30. The lowest BCUT2D eigenvalue weighted by Crippen LogP contribution is -2.38. The predicted octanol–water partition coefficient (Wildman–Crippen LogP) is 5.50. The zero-order valence-corrected chi connectivity index (χ0v) is 20.9. The Morgan fingerprint density at radius 2 is 2.00 bits per heavy atom. The Hall–Kier alpha value is -3.26. The van der Waals surface area contributed by atoms with Crippen LogP contribution >= 0.6 is 0 Å². The first-order valence-corrected chi connectivity index (χ1v) is 12.6. The Bertz CT molecular complexity index is 1010. The highest BCUT2D eigenvalue weighted by atomic mass is 19.1. The molecule has 36 heavy (non-hydrogen) atoms. The van der Waals surface area contributed by atoms with Crippen molar-refractivity contribution in [3.05, 3.63) is 78.7 Å².